The van der Waals surface area contributed by atoms with Crippen LogP contribution in [-0.2, 0) is 23.8 Å². The predicted molar refractivity (Wildman–Crippen MR) is 53.5 cm³/mol. The summed E-state index contributed by atoms with van der Waals surface area (Å²) in [6.07, 6.45) is 0.662. The quantitative estimate of drug-likeness (QED) is 0.612. The van der Waals surface area contributed by atoms with Crippen LogP contribution in [0, 0.1) is 0 Å². The second-order valence-corrected chi connectivity index (χ2v) is 4.36. The fourth-order valence-corrected chi connectivity index (χ4v) is 2.03. The molecular weight excluding hydrogens is 212 g/mol. The molecule has 2 rings (SSSR count). The lowest BCUT2D eigenvalue weighted by Gasteiger charge is -2.20. The third-order valence-electron chi connectivity index (χ3n) is 2.65. The Balaban J connectivity index is 2.20. The first kappa shape index (κ1) is 11.3. The third kappa shape index (κ3) is 1.88. The molecule has 0 bridgehead atoms. The van der Waals surface area contributed by atoms with Crippen LogP contribution in [0.1, 0.15) is 20.3 Å². The minimum Gasteiger partial charge on any atom is -0.466 e. The molecule has 16 heavy (non-hydrogen) atoms. The molecule has 0 radical (unpaired) electrons. The maximum atomic E-state index is 11.7. The van der Waals surface area contributed by atoms with E-state index in [1.165, 1.54) is 13.2 Å². The maximum Gasteiger partial charge on any atom is 0.333 e. The van der Waals surface area contributed by atoms with Crippen molar-refractivity contribution in [2.45, 2.75) is 38.3 Å². The van der Waals surface area contributed by atoms with Crippen LogP contribution in [0.5, 0.6) is 0 Å². The topological polar surface area (TPSA) is 61.8 Å². The highest BCUT2D eigenvalue weighted by molar-refractivity contribution is 6.03. The van der Waals surface area contributed by atoms with E-state index in [-0.39, 0.29) is 11.9 Å². The fourth-order valence-electron chi connectivity index (χ4n) is 2.03. The van der Waals surface area contributed by atoms with E-state index in [4.69, 9.17) is 9.47 Å². The molecule has 1 aliphatic heterocycles. The molecule has 1 saturated heterocycles. The normalized spacial score (nSPS) is 31.9. The van der Waals surface area contributed by atoms with Crippen molar-refractivity contribution in [3.8, 4) is 0 Å². The van der Waals surface area contributed by atoms with E-state index in [0.717, 1.165) is 0 Å². The van der Waals surface area contributed by atoms with Crippen LogP contribution >= 0.6 is 0 Å². The number of methoxy groups -OCH3 is 1. The van der Waals surface area contributed by atoms with Gasteiger partial charge in [0.15, 0.2) is 11.6 Å². The molecule has 2 atom stereocenters. The average molecular weight is 226 g/mol. The van der Waals surface area contributed by atoms with E-state index in [1.807, 2.05) is 0 Å². The lowest BCUT2D eigenvalue weighted by molar-refractivity contribution is -0.152. The van der Waals surface area contributed by atoms with Gasteiger partial charge in [-0.15, -0.1) is 0 Å². The van der Waals surface area contributed by atoms with Crippen molar-refractivity contribution in [2.24, 2.45) is 0 Å². The number of hydrogen-bond donors (Lipinski definition) is 0. The summed E-state index contributed by atoms with van der Waals surface area (Å²) in [5.74, 6) is -1.49. The summed E-state index contributed by atoms with van der Waals surface area (Å²) in [4.78, 5) is 23.0. The minimum atomic E-state index is -0.773. The van der Waals surface area contributed by atoms with Gasteiger partial charge in [0.1, 0.15) is 6.10 Å². The first-order valence-corrected chi connectivity index (χ1v) is 5.11. The molecular formula is C11H14O5. The van der Waals surface area contributed by atoms with E-state index in [1.54, 1.807) is 13.8 Å². The summed E-state index contributed by atoms with van der Waals surface area (Å²) in [6, 6.07) is 0. The molecule has 0 N–H and O–H groups in total. The van der Waals surface area contributed by atoms with Crippen LogP contribution in [0.3, 0.4) is 0 Å². The van der Waals surface area contributed by atoms with Crippen LogP contribution in [0.15, 0.2) is 11.6 Å². The SMILES string of the molecule is COC(=O)C1=CC(=O)[C@@H]2OC(C)(C)O[C@@H]2C1. The van der Waals surface area contributed by atoms with Gasteiger partial charge in [-0.25, -0.2) is 4.79 Å². The summed E-state index contributed by atoms with van der Waals surface area (Å²) in [5, 5.41) is 0. The molecule has 1 fully saturated rings. The Hall–Kier alpha value is -1.20. The van der Waals surface area contributed by atoms with Gasteiger partial charge < -0.3 is 14.2 Å². The summed E-state index contributed by atoms with van der Waals surface area (Å²) < 4.78 is 15.6. The van der Waals surface area contributed by atoms with Gasteiger partial charge in [0, 0.05) is 12.0 Å². The number of ketones is 1. The Kier molecular flexibility index (Phi) is 2.59. The largest absolute Gasteiger partial charge is 0.466 e. The standard InChI is InChI=1S/C11H14O5/c1-11(2)15-8-5-6(10(13)14-3)4-7(12)9(8)16-11/h4,8-9H,5H2,1-3H3/t8-,9+/m1/s1. The Morgan fingerprint density at radius 2 is 2.19 bits per heavy atom. The first-order chi connectivity index (χ1) is 7.43. The highest BCUT2D eigenvalue weighted by Crippen LogP contribution is 2.35. The van der Waals surface area contributed by atoms with E-state index >= 15 is 0 Å². The van der Waals surface area contributed by atoms with E-state index < -0.39 is 17.9 Å². The Bertz CT molecular complexity index is 369. The molecule has 1 aliphatic carbocycles. The number of carbonyl (C=O) groups is 2. The second kappa shape index (κ2) is 3.68. The predicted octanol–water partition coefficient (Wildman–Crippen LogP) is 0.579. The van der Waals surface area contributed by atoms with Gasteiger partial charge in [-0.05, 0) is 19.9 Å². The lowest BCUT2D eigenvalue weighted by Crippen LogP contribution is -2.35. The molecule has 0 saturated carbocycles. The zero-order valence-corrected chi connectivity index (χ0v) is 9.48. The second-order valence-electron chi connectivity index (χ2n) is 4.36. The maximum absolute atomic E-state index is 11.7. The Labute approximate surface area is 93.4 Å². The number of esters is 1. The van der Waals surface area contributed by atoms with E-state index in [9.17, 15) is 9.59 Å². The summed E-state index contributed by atoms with van der Waals surface area (Å²) in [5.41, 5.74) is 0.343. The average Bonchev–Trinajstić information content (AvgIpc) is 2.52. The molecule has 0 aromatic carbocycles. The number of ether oxygens (including phenoxy) is 3. The smallest absolute Gasteiger partial charge is 0.333 e. The Morgan fingerprint density at radius 3 is 2.81 bits per heavy atom. The van der Waals surface area contributed by atoms with Crippen molar-refractivity contribution >= 4 is 11.8 Å². The molecule has 0 amide bonds. The van der Waals surface area contributed by atoms with Crippen molar-refractivity contribution in [1.82, 2.24) is 0 Å². The van der Waals surface area contributed by atoms with Crippen molar-refractivity contribution in [3.05, 3.63) is 11.6 Å². The molecule has 0 spiro atoms. The van der Waals surface area contributed by atoms with Gasteiger partial charge in [0.2, 0.25) is 0 Å². The van der Waals surface area contributed by atoms with Gasteiger partial charge in [0.25, 0.3) is 0 Å². The molecule has 0 aromatic rings. The molecule has 0 aromatic heterocycles. The fraction of sp³-hybridized carbons (Fsp3) is 0.636. The van der Waals surface area contributed by atoms with Crippen molar-refractivity contribution in [2.75, 3.05) is 7.11 Å². The van der Waals surface area contributed by atoms with Gasteiger partial charge in [-0.3, -0.25) is 4.79 Å². The lowest BCUT2D eigenvalue weighted by atomic mass is 9.93. The van der Waals surface area contributed by atoms with Crippen LogP contribution in [0.4, 0.5) is 0 Å². The van der Waals surface area contributed by atoms with Crippen LogP contribution in [0.2, 0.25) is 0 Å². The van der Waals surface area contributed by atoms with Crippen molar-refractivity contribution < 1.29 is 23.8 Å². The van der Waals surface area contributed by atoms with Crippen LogP contribution in [0.25, 0.3) is 0 Å². The highest BCUT2D eigenvalue weighted by Gasteiger charge is 2.47. The monoisotopic (exact) mass is 226 g/mol. The highest BCUT2D eigenvalue weighted by atomic mass is 16.8. The van der Waals surface area contributed by atoms with Gasteiger partial charge in [0.05, 0.1) is 13.2 Å². The molecule has 1 heterocycles. The summed E-state index contributed by atoms with van der Waals surface area (Å²) in [7, 11) is 1.29. The zero-order valence-electron chi connectivity index (χ0n) is 9.48. The molecule has 88 valence electrons. The first-order valence-electron chi connectivity index (χ1n) is 5.11. The van der Waals surface area contributed by atoms with E-state index in [0.29, 0.717) is 12.0 Å². The number of hydrogen-bond acceptors (Lipinski definition) is 5. The third-order valence-corrected chi connectivity index (χ3v) is 2.65. The molecule has 5 heteroatoms. The number of carbonyl (C=O) groups excluding carboxylic acids is 2. The zero-order chi connectivity index (χ0) is 11.9. The van der Waals surface area contributed by atoms with Crippen molar-refractivity contribution in [3.63, 3.8) is 0 Å². The Morgan fingerprint density at radius 1 is 1.50 bits per heavy atom. The van der Waals surface area contributed by atoms with Gasteiger partial charge >= 0.3 is 5.97 Å². The number of rotatable bonds is 1. The van der Waals surface area contributed by atoms with Crippen molar-refractivity contribution in [1.29, 1.82) is 0 Å². The minimum absolute atomic E-state index is 0.234. The summed E-state index contributed by atoms with van der Waals surface area (Å²) >= 11 is 0. The van der Waals surface area contributed by atoms with Gasteiger partial charge in [-0.2, -0.15) is 0 Å². The van der Waals surface area contributed by atoms with Crippen LogP contribution in [-0.4, -0.2) is 36.9 Å². The molecule has 2 aliphatic rings. The van der Waals surface area contributed by atoms with Gasteiger partial charge in [-0.1, -0.05) is 0 Å². The number of fused-ring (bicyclic) bond motifs is 1. The van der Waals surface area contributed by atoms with E-state index in [2.05, 4.69) is 4.74 Å². The molecule has 0 unspecified atom stereocenters. The van der Waals surface area contributed by atoms with Crippen LogP contribution < -0.4 is 0 Å². The summed E-state index contributed by atoms with van der Waals surface area (Å²) in [6.45, 7) is 3.49. The molecule has 5 nitrogen and oxygen atoms in total.